The summed E-state index contributed by atoms with van der Waals surface area (Å²) in [6.45, 7) is 0. The van der Waals surface area contributed by atoms with Crippen LogP contribution >= 0.6 is 0 Å². The smallest absolute Gasteiger partial charge is 0.390 e. The van der Waals surface area contributed by atoms with Gasteiger partial charge in [-0.3, -0.25) is 0 Å². The number of methoxy groups -OCH3 is 2. The fourth-order valence-electron chi connectivity index (χ4n) is 2.37. The Morgan fingerprint density at radius 3 is 2.26 bits per heavy atom. The van der Waals surface area contributed by atoms with E-state index >= 15 is 0 Å². The molecular weight excluding hydrogens is 298 g/mol. The minimum Gasteiger partial charge on any atom is -0.493 e. The summed E-state index contributed by atoms with van der Waals surface area (Å²) >= 11 is 0. The Kier molecular flexibility index (Phi) is 3.76. The minimum atomic E-state index is -0.548. The molecule has 0 aliphatic rings. The molecule has 0 aliphatic carbocycles. The average molecular weight is 311 g/mol. The number of benzene rings is 2. The standard InChI is InChI=1S/C16H13N3O4/c1-22-13-9-5-6-10(15(13)23-2)14-16(19(20)21)18-12-8-4-3-7-11(12)17-14/h3-9H,1-2H3. The van der Waals surface area contributed by atoms with Crippen molar-refractivity contribution in [3.8, 4) is 22.8 Å². The Morgan fingerprint density at radius 2 is 1.65 bits per heavy atom. The molecule has 0 spiro atoms. The van der Waals surface area contributed by atoms with Crippen molar-refractivity contribution in [1.82, 2.24) is 9.97 Å². The fraction of sp³-hybridized carbons (Fsp3) is 0.125. The molecule has 0 fully saturated rings. The molecule has 2 aromatic carbocycles. The largest absolute Gasteiger partial charge is 0.493 e. The topological polar surface area (TPSA) is 87.4 Å². The first kappa shape index (κ1) is 14.7. The predicted molar refractivity (Wildman–Crippen MR) is 84.7 cm³/mol. The third kappa shape index (κ3) is 2.52. The van der Waals surface area contributed by atoms with E-state index in [2.05, 4.69) is 9.97 Å². The Bertz CT molecular complexity index is 896. The maximum atomic E-state index is 11.4. The molecule has 0 atom stereocenters. The first-order valence-corrected chi connectivity index (χ1v) is 6.78. The Balaban J connectivity index is 2.35. The summed E-state index contributed by atoms with van der Waals surface area (Å²) in [6, 6.07) is 12.1. The molecule has 0 bridgehead atoms. The van der Waals surface area contributed by atoms with Crippen LogP contribution in [0, 0.1) is 10.1 Å². The van der Waals surface area contributed by atoms with Crippen molar-refractivity contribution < 1.29 is 14.4 Å². The molecule has 0 saturated heterocycles. The number of ether oxygens (including phenoxy) is 2. The summed E-state index contributed by atoms with van der Waals surface area (Å²) in [4.78, 5) is 19.4. The zero-order valence-corrected chi connectivity index (χ0v) is 12.5. The van der Waals surface area contributed by atoms with E-state index in [-0.39, 0.29) is 11.5 Å². The van der Waals surface area contributed by atoms with Crippen LogP contribution in [0.15, 0.2) is 42.5 Å². The lowest BCUT2D eigenvalue weighted by Gasteiger charge is -2.12. The summed E-state index contributed by atoms with van der Waals surface area (Å²) < 4.78 is 10.6. The fourth-order valence-corrected chi connectivity index (χ4v) is 2.37. The van der Waals surface area contributed by atoms with Crippen molar-refractivity contribution in [2.75, 3.05) is 14.2 Å². The molecular formula is C16H13N3O4. The van der Waals surface area contributed by atoms with Crippen LogP contribution in [0.4, 0.5) is 5.82 Å². The summed E-state index contributed by atoms with van der Waals surface area (Å²) in [5.74, 6) is 0.521. The van der Waals surface area contributed by atoms with E-state index in [0.717, 1.165) is 0 Å². The van der Waals surface area contributed by atoms with Gasteiger partial charge < -0.3 is 19.6 Å². The molecule has 0 saturated carbocycles. The average Bonchev–Trinajstić information content (AvgIpc) is 2.59. The third-order valence-corrected chi connectivity index (χ3v) is 3.38. The molecule has 1 aromatic heterocycles. The normalized spacial score (nSPS) is 10.5. The maximum Gasteiger partial charge on any atom is 0.390 e. The second kappa shape index (κ2) is 5.88. The maximum absolute atomic E-state index is 11.4. The van der Waals surface area contributed by atoms with Gasteiger partial charge in [0.1, 0.15) is 5.52 Å². The Labute approximate surface area is 131 Å². The van der Waals surface area contributed by atoms with E-state index in [0.29, 0.717) is 28.1 Å². The second-order valence-electron chi connectivity index (χ2n) is 4.68. The van der Waals surface area contributed by atoms with E-state index in [4.69, 9.17) is 9.47 Å². The number of fused-ring (bicyclic) bond motifs is 1. The van der Waals surface area contributed by atoms with Gasteiger partial charge in [0.2, 0.25) is 5.52 Å². The second-order valence-corrected chi connectivity index (χ2v) is 4.68. The molecule has 0 unspecified atom stereocenters. The van der Waals surface area contributed by atoms with Crippen LogP contribution in [-0.4, -0.2) is 29.1 Å². The van der Waals surface area contributed by atoms with Crippen LogP contribution in [0.3, 0.4) is 0 Å². The van der Waals surface area contributed by atoms with E-state index in [1.807, 2.05) is 0 Å². The van der Waals surface area contributed by atoms with Gasteiger partial charge in [0.15, 0.2) is 17.2 Å². The van der Waals surface area contributed by atoms with Crippen molar-refractivity contribution in [2.24, 2.45) is 0 Å². The first-order valence-electron chi connectivity index (χ1n) is 6.78. The highest BCUT2D eigenvalue weighted by Crippen LogP contribution is 2.40. The van der Waals surface area contributed by atoms with Crippen molar-refractivity contribution in [1.29, 1.82) is 0 Å². The number of nitrogens with zero attached hydrogens (tertiary/aromatic N) is 3. The summed E-state index contributed by atoms with van der Waals surface area (Å²) in [5, 5.41) is 11.4. The SMILES string of the molecule is COc1cccc(-c2nc3ccccc3nc2[N+](=O)[O-])c1OC. The molecule has 0 N–H and O–H groups in total. The number of rotatable bonds is 4. The number of aromatic nitrogens is 2. The number of hydrogen-bond donors (Lipinski definition) is 0. The Hall–Kier alpha value is -3.22. The summed E-state index contributed by atoms with van der Waals surface area (Å²) in [5.41, 5.74) is 1.63. The highest BCUT2D eigenvalue weighted by Gasteiger charge is 2.25. The van der Waals surface area contributed by atoms with Crippen LogP contribution in [0.5, 0.6) is 11.5 Å². The van der Waals surface area contributed by atoms with Gasteiger partial charge >= 0.3 is 5.82 Å². The van der Waals surface area contributed by atoms with Gasteiger partial charge in [-0.25, -0.2) is 4.98 Å². The van der Waals surface area contributed by atoms with Gasteiger partial charge in [-0.2, -0.15) is 0 Å². The van der Waals surface area contributed by atoms with Crippen molar-refractivity contribution in [2.45, 2.75) is 0 Å². The minimum absolute atomic E-state index is 0.143. The van der Waals surface area contributed by atoms with Gasteiger partial charge in [-0.1, -0.05) is 18.2 Å². The summed E-state index contributed by atoms with van der Waals surface area (Å²) in [7, 11) is 2.98. The lowest BCUT2D eigenvalue weighted by molar-refractivity contribution is -0.388. The zero-order chi connectivity index (χ0) is 16.4. The van der Waals surface area contributed by atoms with Gasteiger partial charge in [0.05, 0.1) is 19.8 Å². The highest BCUT2D eigenvalue weighted by molar-refractivity contribution is 5.83. The lowest BCUT2D eigenvalue weighted by atomic mass is 10.1. The molecule has 7 nitrogen and oxygen atoms in total. The first-order chi connectivity index (χ1) is 11.2. The summed E-state index contributed by atoms with van der Waals surface area (Å²) in [6.07, 6.45) is 0. The number of nitro groups is 1. The quantitative estimate of drug-likeness (QED) is 0.543. The molecule has 7 heteroatoms. The molecule has 3 rings (SSSR count). The monoisotopic (exact) mass is 311 g/mol. The van der Waals surface area contributed by atoms with E-state index in [9.17, 15) is 10.1 Å². The van der Waals surface area contributed by atoms with Crippen LogP contribution in [0.25, 0.3) is 22.3 Å². The number of para-hydroxylation sites is 3. The molecule has 1 heterocycles. The lowest BCUT2D eigenvalue weighted by Crippen LogP contribution is -2.01. The third-order valence-electron chi connectivity index (χ3n) is 3.38. The van der Waals surface area contributed by atoms with Crippen LogP contribution in [0.1, 0.15) is 0 Å². The van der Waals surface area contributed by atoms with Gasteiger partial charge in [0, 0.05) is 0 Å². The van der Waals surface area contributed by atoms with Gasteiger partial charge in [-0.15, -0.1) is 0 Å². The van der Waals surface area contributed by atoms with E-state index < -0.39 is 4.92 Å². The molecule has 116 valence electrons. The Morgan fingerprint density at radius 1 is 0.957 bits per heavy atom. The molecule has 0 aliphatic heterocycles. The van der Waals surface area contributed by atoms with E-state index in [1.54, 1.807) is 42.5 Å². The van der Waals surface area contributed by atoms with Crippen molar-refractivity contribution in [3.05, 3.63) is 52.6 Å². The predicted octanol–water partition coefficient (Wildman–Crippen LogP) is 3.22. The van der Waals surface area contributed by atoms with Crippen molar-refractivity contribution >= 4 is 16.9 Å². The van der Waals surface area contributed by atoms with E-state index in [1.165, 1.54) is 14.2 Å². The van der Waals surface area contributed by atoms with Crippen LogP contribution < -0.4 is 9.47 Å². The van der Waals surface area contributed by atoms with Gasteiger partial charge in [-0.05, 0) is 34.2 Å². The highest BCUT2D eigenvalue weighted by atomic mass is 16.6. The molecule has 0 radical (unpaired) electrons. The zero-order valence-electron chi connectivity index (χ0n) is 12.5. The number of hydrogen-bond acceptors (Lipinski definition) is 6. The van der Waals surface area contributed by atoms with Crippen LogP contribution in [0.2, 0.25) is 0 Å². The molecule has 23 heavy (non-hydrogen) atoms. The van der Waals surface area contributed by atoms with Gasteiger partial charge in [0.25, 0.3) is 0 Å². The van der Waals surface area contributed by atoms with Crippen molar-refractivity contribution in [3.63, 3.8) is 0 Å². The molecule has 3 aromatic rings. The molecule has 0 amide bonds. The van der Waals surface area contributed by atoms with Crippen LogP contribution in [-0.2, 0) is 0 Å².